The van der Waals surface area contributed by atoms with Gasteiger partial charge in [-0.25, -0.2) is 0 Å². The van der Waals surface area contributed by atoms with Crippen LogP contribution < -0.4 is 0 Å². The molecule has 3 rings (SSSR count). The molecule has 0 aromatic carbocycles. The number of alkyl halides is 3. The molecule has 4 atom stereocenters. The van der Waals surface area contributed by atoms with Gasteiger partial charge in [-0.15, -0.1) is 13.2 Å². The fourth-order valence-corrected chi connectivity index (χ4v) is 5.21. The molecule has 3 aliphatic carbocycles. The van der Waals surface area contributed by atoms with Crippen molar-refractivity contribution >= 4 is 0 Å². The molecule has 3 aliphatic rings. The van der Waals surface area contributed by atoms with Crippen LogP contribution in [0, 0.1) is 23.7 Å². The van der Waals surface area contributed by atoms with Gasteiger partial charge in [0, 0.05) is 0 Å². The molecule has 122 valence electrons. The van der Waals surface area contributed by atoms with Crippen molar-refractivity contribution in [3.8, 4) is 0 Å². The van der Waals surface area contributed by atoms with Gasteiger partial charge in [0.15, 0.2) is 0 Å². The zero-order valence-electron chi connectivity index (χ0n) is 12.7. The molecule has 0 bridgehead atoms. The van der Waals surface area contributed by atoms with Crippen molar-refractivity contribution in [3.63, 3.8) is 0 Å². The lowest BCUT2D eigenvalue weighted by Gasteiger charge is -2.44. The van der Waals surface area contributed by atoms with Crippen molar-refractivity contribution < 1.29 is 17.9 Å². The number of halogens is 3. The van der Waals surface area contributed by atoms with E-state index < -0.39 is 12.5 Å². The molecule has 0 aliphatic heterocycles. The van der Waals surface area contributed by atoms with Crippen LogP contribution in [0.5, 0.6) is 0 Å². The quantitative estimate of drug-likeness (QED) is 0.637. The van der Waals surface area contributed by atoms with E-state index in [1.807, 2.05) is 0 Å². The predicted molar refractivity (Wildman–Crippen MR) is 75.7 cm³/mol. The first kappa shape index (κ1) is 15.6. The van der Waals surface area contributed by atoms with Gasteiger partial charge >= 0.3 is 6.36 Å². The molecule has 3 saturated carbocycles. The van der Waals surface area contributed by atoms with Gasteiger partial charge < -0.3 is 0 Å². The Labute approximate surface area is 125 Å². The Kier molecular flexibility index (Phi) is 4.82. The molecule has 4 heteroatoms. The van der Waals surface area contributed by atoms with Crippen molar-refractivity contribution in [2.24, 2.45) is 23.7 Å². The maximum absolute atomic E-state index is 12.3. The third kappa shape index (κ3) is 4.14. The van der Waals surface area contributed by atoms with E-state index in [-0.39, 0.29) is 0 Å². The highest BCUT2D eigenvalue weighted by molar-refractivity contribution is 4.89. The highest BCUT2D eigenvalue weighted by Gasteiger charge is 2.41. The van der Waals surface area contributed by atoms with Crippen LogP contribution in [0.15, 0.2) is 0 Å². The van der Waals surface area contributed by atoms with Crippen molar-refractivity contribution in [2.45, 2.75) is 83.1 Å². The smallest absolute Gasteiger partial charge is 0.289 e. The second-order valence-corrected chi connectivity index (χ2v) is 7.49. The monoisotopic (exact) mass is 304 g/mol. The average Bonchev–Trinajstić information content (AvgIpc) is 2.46. The molecule has 0 amide bonds. The number of hydrogen-bond acceptors (Lipinski definition) is 1. The lowest BCUT2D eigenvalue weighted by molar-refractivity contribution is -0.347. The number of rotatable bonds is 2. The summed E-state index contributed by atoms with van der Waals surface area (Å²) in [4.78, 5) is 0. The van der Waals surface area contributed by atoms with Gasteiger partial charge in [0.25, 0.3) is 0 Å². The highest BCUT2D eigenvalue weighted by Crippen LogP contribution is 2.48. The van der Waals surface area contributed by atoms with Gasteiger partial charge in [0.2, 0.25) is 0 Å². The van der Waals surface area contributed by atoms with E-state index in [2.05, 4.69) is 4.74 Å². The molecule has 4 unspecified atom stereocenters. The first-order valence-electron chi connectivity index (χ1n) is 8.76. The lowest BCUT2D eigenvalue weighted by atomic mass is 9.62. The van der Waals surface area contributed by atoms with E-state index in [9.17, 15) is 13.2 Å². The predicted octanol–water partition coefficient (Wildman–Crippen LogP) is 5.69. The van der Waals surface area contributed by atoms with Crippen LogP contribution in [0.1, 0.15) is 70.6 Å². The maximum Gasteiger partial charge on any atom is 0.522 e. The first-order valence-corrected chi connectivity index (χ1v) is 8.76. The molecule has 0 spiro atoms. The van der Waals surface area contributed by atoms with Crippen LogP contribution in [-0.4, -0.2) is 12.5 Å². The standard InChI is InChI=1S/C17H27F3O/c18-17(19,20)21-16-9-8-14-10-13(6-7-15(14)11-16)12-4-2-1-3-5-12/h12-16H,1-11H2. The Hall–Kier alpha value is -0.250. The van der Waals surface area contributed by atoms with E-state index in [0.717, 1.165) is 24.7 Å². The fraction of sp³-hybridized carbons (Fsp3) is 1.00. The highest BCUT2D eigenvalue weighted by atomic mass is 19.4. The molecule has 0 N–H and O–H groups in total. The normalized spacial score (nSPS) is 39.0. The molecule has 0 aromatic heterocycles. The molecule has 0 saturated heterocycles. The number of hydrogen-bond donors (Lipinski definition) is 0. The third-order valence-electron chi connectivity index (χ3n) is 6.22. The molecular formula is C17H27F3O. The van der Waals surface area contributed by atoms with Crippen molar-refractivity contribution in [3.05, 3.63) is 0 Å². The summed E-state index contributed by atoms with van der Waals surface area (Å²) in [6, 6.07) is 0. The number of fused-ring (bicyclic) bond motifs is 1. The van der Waals surface area contributed by atoms with E-state index in [4.69, 9.17) is 0 Å². The van der Waals surface area contributed by atoms with Crippen LogP contribution in [0.25, 0.3) is 0 Å². The summed E-state index contributed by atoms with van der Waals surface area (Å²) in [5, 5.41) is 0. The summed E-state index contributed by atoms with van der Waals surface area (Å²) in [5.74, 6) is 2.90. The molecule has 0 aromatic rings. The SMILES string of the molecule is FC(F)(F)OC1CCC2CC(C3CCCCC3)CCC2C1. The topological polar surface area (TPSA) is 9.23 Å². The Morgan fingerprint density at radius 1 is 0.619 bits per heavy atom. The number of ether oxygens (including phenoxy) is 1. The first-order chi connectivity index (χ1) is 10.0. The van der Waals surface area contributed by atoms with Crippen LogP contribution in [0.4, 0.5) is 13.2 Å². The van der Waals surface area contributed by atoms with Gasteiger partial charge in [0.1, 0.15) is 0 Å². The minimum Gasteiger partial charge on any atom is -0.289 e. The summed E-state index contributed by atoms with van der Waals surface area (Å²) in [5.41, 5.74) is 0. The summed E-state index contributed by atoms with van der Waals surface area (Å²) in [6.07, 6.45) is 7.70. The Bertz CT molecular complexity index is 335. The lowest BCUT2D eigenvalue weighted by Crippen LogP contribution is -2.38. The third-order valence-corrected chi connectivity index (χ3v) is 6.22. The Morgan fingerprint density at radius 3 is 1.86 bits per heavy atom. The molecular weight excluding hydrogens is 277 g/mol. The molecule has 1 nitrogen and oxygen atoms in total. The zero-order chi connectivity index (χ0) is 14.9. The Balaban J connectivity index is 1.50. The summed E-state index contributed by atoms with van der Waals surface area (Å²) < 4.78 is 41.3. The van der Waals surface area contributed by atoms with Crippen molar-refractivity contribution in [1.82, 2.24) is 0 Å². The minimum atomic E-state index is -4.46. The van der Waals surface area contributed by atoms with Gasteiger partial charge in [-0.2, -0.15) is 0 Å². The van der Waals surface area contributed by atoms with Crippen molar-refractivity contribution in [2.75, 3.05) is 0 Å². The maximum atomic E-state index is 12.3. The van der Waals surface area contributed by atoms with E-state index in [1.165, 1.54) is 44.9 Å². The minimum absolute atomic E-state index is 0.478. The fourth-order valence-electron chi connectivity index (χ4n) is 5.21. The molecule has 21 heavy (non-hydrogen) atoms. The van der Waals surface area contributed by atoms with E-state index in [1.54, 1.807) is 0 Å². The zero-order valence-corrected chi connectivity index (χ0v) is 12.7. The van der Waals surface area contributed by atoms with Gasteiger partial charge in [-0.3, -0.25) is 4.74 Å². The van der Waals surface area contributed by atoms with Crippen LogP contribution in [-0.2, 0) is 4.74 Å². The molecule has 0 heterocycles. The van der Waals surface area contributed by atoms with Gasteiger partial charge in [0.05, 0.1) is 6.10 Å². The second-order valence-electron chi connectivity index (χ2n) is 7.49. The average molecular weight is 304 g/mol. The van der Waals surface area contributed by atoms with Crippen LogP contribution >= 0.6 is 0 Å². The van der Waals surface area contributed by atoms with E-state index in [0.29, 0.717) is 24.7 Å². The van der Waals surface area contributed by atoms with Crippen LogP contribution in [0.2, 0.25) is 0 Å². The summed E-state index contributed by atoms with van der Waals surface area (Å²) in [6.45, 7) is 0. The summed E-state index contributed by atoms with van der Waals surface area (Å²) >= 11 is 0. The van der Waals surface area contributed by atoms with Crippen molar-refractivity contribution in [1.29, 1.82) is 0 Å². The Morgan fingerprint density at radius 2 is 1.19 bits per heavy atom. The van der Waals surface area contributed by atoms with Gasteiger partial charge in [-0.05, 0) is 62.2 Å². The molecule has 3 fully saturated rings. The van der Waals surface area contributed by atoms with E-state index >= 15 is 0 Å². The molecule has 0 radical (unpaired) electrons. The largest absolute Gasteiger partial charge is 0.522 e. The van der Waals surface area contributed by atoms with Crippen LogP contribution in [0.3, 0.4) is 0 Å². The second kappa shape index (κ2) is 6.47. The van der Waals surface area contributed by atoms with Gasteiger partial charge in [-0.1, -0.05) is 32.1 Å². The summed E-state index contributed by atoms with van der Waals surface area (Å²) in [7, 11) is 0.